The lowest BCUT2D eigenvalue weighted by molar-refractivity contribution is -0.136. The third-order valence-corrected chi connectivity index (χ3v) is 5.58. The van der Waals surface area contributed by atoms with Crippen LogP contribution in [0.5, 0.6) is 5.75 Å². The molecule has 2 aromatic rings. The van der Waals surface area contributed by atoms with Crippen molar-refractivity contribution in [2.45, 2.75) is 18.6 Å². The van der Waals surface area contributed by atoms with E-state index in [1.165, 1.54) is 6.21 Å². The number of benzene rings is 2. The van der Waals surface area contributed by atoms with Gasteiger partial charge in [-0.15, -0.1) is 0 Å². The van der Waals surface area contributed by atoms with Crippen LogP contribution in [0, 0.1) is 0 Å². The molecule has 0 spiro atoms. The molecule has 1 heterocycles. The summed E-state index contributed by atoms with van der Waals surface area (Å²) in [6.07, 6.45) is 9.50. The number of hydrogen-bond donors (Lipinski definition) is 2. The van der Waals surface area contributed by atoms with Gasteiger partial charge < -0.3 is 10.1 Å². The molecule has 0 saturated heterocycles. The lowest BCUT2D eigenvalue weighted by Crippen LogP contribution is -2.32. The summed E-state index contributed by atoms with van der Waals surface area (Å²) in [6, 6.07) is 12.5. The first-order valence-electron chi connectivity index (χ1n) is 10.1. The monoisotopic (exact) mass is 508 g/mol. The molecular weight excluding hydrogens is 488 g/mol. The SMILES string of the molecule is COc1ccc(/C=N/NC(=O)C(=O)Nc2ccc(Br)cc2)cc1CN1N=NC2C=CC=CC21. The van der Waals surface area contributed by atoms with E-state index in [1.807, 2.05) is 35.4 Å². The Labute approximate surface area is 199 Å². The highest BCUT2D eigenvalue weighted by Crippen LogP contribution is 2.28. The molecule has 2 aromatic carbocycles. The summed E-state index contributed by atoms with van der Waals surface area (Å²) in [5.41, 5.74) is 4.36. The highest BCUT2D eigenvalue weighted by Gasteiger charge is 2.30. The van der Waals surface area contributed by atoms with Crippen LogP contribution < -0.4 is 15.5 Å². The van der Waals surface area contributed by atoms with Gasteiger partial charge in [-0.1, -0.05) is 45.5 Å². The molecule has 2 amide bonds. The summed E-state index contributed by atoms with van der Waals surface area (Å²) >= 11 is 3.31. The predicted molar refractivity (Wildman–Crippen MR) is 128 cm³/mol. The quantitative estimate of drug-likeness (QED) is 0.353. The Bertz CT molecular complexity index is 1160. The standard InChI is InChI=1S/C23H21BrN6O3/c1-33-21-11-6-15(12-16(21)14-30-20-5-3-2-4-19(20)27-29-30)13-25-28-23(32)22(31)26-18-9-7-17(24)8-10-18/h2-13,19-20H,14H2,1H3,(H,26,31)(H,28,32)/b25-13+. The zero-order valence-corrected chi connectivity index (χ0v) is 19.3. The molecule has 0 radical (unpaired) electrons. The van der Waals surface area contributed by atoms with Gasteiger partial charge in [-0.25, -0.2) is 5.43 Å². The smallest absolute Gasteiger partial charge is 0.329 e. The van der Waals surface area contributed by atoms with E-state index in [4.69, 9.17) is 4.74 Å². The fourth-order valence-corrected chi connectivity index (χ4v) is 3.67. The number of carbonyl (C=O) groups is 2. The number of nitrogens with one attached hydrogen (secondary N) is 2. The van der Waals surface area contributed by atoms with Crippen molar-refractivity contribution in [3.63, 3.8) is 0 Å². The van der Waals surface area contributed by atoms with Crippen LogP contribution in [0.3, 0.4) is 0 Å². The van der Waals surface area contributed by atoms with Gasteiger partial charge in [0.2, 0.25) is 0 Å². The van der Waals surface area contributed by atoms with Crippen LogP contribution in [0.25, 0.3) is 0 Å². The Hall–Kier alpha value is -3.79. The summed E-state index contributed by atoms with van der Waals surface area (Å²) in [6.45, 7) is 0.496. The van der Waals surface area contributed by atoms with Gasteiger partial charge in [0.25, 0.3) is 0 Å². The molecule has 0 bridgehead atoms. The van der Waals surface area contributed by atoms with Gasteiger partial charge in [0.1, 0.15) is 11.8 Å². The van der Waals surface area contributed by atoms with Crippen LogP contribution in [0.15, 0.2) is 86.7 Å². The van der Waals surface area contributed by atoms with Crippen molar-refractivity contribution in [2.75, 3.05) is 12.4 Å². The zero-order valence-electron chi connectivity index (χ0n) is 17.7. The molecule has 10 heteroatoms. The Morgan fingerprint density at radius 3 is 2.73 bits per heavy atom. The van der Waals surface area contributed by atoms with Crippen LogP contribution in [0.4, 0.5) is 5.69 Å². The second-order valence-electron chi connectivity index (χ2n) is 7.28. The molecule has 33 heavy (non-hydrogen) atoms. The van der Waals surface area contributed by atoms with Crippen LogP contribution in [0.2, 0.25) is 0 Å². The lowest BCUT2D eigenvalue weighted by atomic mass is 10.0. The molecule has 2 atom stereocenters. The van der Waals surface area contributed by atoms with Gasteiger partial charge in [-0.05, 0) is 48.0 Å². The first-order valence-corrected chi connectivity index (χ1v) is 10.9. The van der Waals surface area contributed by atoms with E-state index in [0.29, 0.717) is 18.0 Å². The van der Waals surface area contributed by atoms with Gasteiger partial charge in [0.15, 0.2) is 0 Å². The Morgan fingerprint density at radius 2 is 1.94 bits per heavy atom. The molecule has 1 aliphatic heterocycles. The number of rotatable bonds is 6. The summed E-state index contributed by atoms with van der Waals surface area (Å²) in [5.74, 6) is -0.976. The highest BCUT2D eigenvalue weighted by molar-refractivity contribution is 9.10. The summed E-state index contributed by atoms with van der Waals surface area (Å²) in [7, 11) is 1.61. The number of hydrogen-bond acceptors (Lipinski definition) is 7. The van der Waals surface area contributed by atoms with Crippen LogP contribution in [0.1, 0.15) is 11.1 Å². The van der Waals surface area contributed by atoms with Crippen molar-refractivity contribution in [1.82, 2.24) is 10.4 Å². The second kappa shape index (κ2) is 10.2. The normalized spacial score (nSPS) is 18.4. The Balaban J connectivity index is 1.37. The van der Waals surface area contributed by atoms with Gasteiger partial charge >= 0.3 is 11.8 Å². The second-order valence-corrected chi connectivity index (χ2v) is 8.20. The molecule has 1 aliphatic carbocycles. The van der Waals surface area contributed by atoms with E-state index >= 15 is 0 Å². The van der Waals surface area contributed by atoms with Gasteiger partial charge in [0, 0.05) is 15.7 Å². The number of hydrazone groups is 1. The third kappa shape index (κ3) is 5.53. The molecule has 2 N–H and O–H groups in total. The number of allylic oxidation sites excluding steroid dienone is 2. The van der Waals surface area contributed by atoms with E-state index in [9.17, 15) is 9.59 Å². The van der Waals surface area contributed by atoms with Crippen molar-refractivity contribution >= 4 is 39.6 Å². The first-order chi connectivity index (χ1) is 16.0. The number of carbonyl (C=O) groups excluding carboxylic acids is 2. The first kappa shape index (κ1) is 22.4. The summed E-state index contributed by atoms with van der Waals surface area (Å²) in [4.78, 5) is 24.1. The average molecular weight is 509 g/mol. The number of fused-ring (bicyclic) bond motifs is 1. The lowest BCUT2D eigenvalue weighted by Gasteiger charge is -2.24. The molecule has 9 nitrogen and oxygen atoms in total. The molecule has 2 unspecified atom stereocenters. The minimum atomic E-state index is -0.872. The van der Waals surface area contributed by atoms with Gasteiger partial charge in [-0.2, -0.15) is 10.2 Å². The Morgan fingerprint density at radius 1 is 1.15 bits per heavy atom. The molecule has 0 fully saturated rings. The number of methoxy groups -OCH3 is 1. The van der Waals surface area contributed by atoms with E-state index in [2.05, 4.69) is 48.2 Å². The maximum Gasteiger partial charge on any atom is 0.329 e. The minimum Gasteiger partial charge on any atom is -0.496 e. The van der Waals surface area contributed by atoms with E-state index < -0.39 is 11.8 Å². The average Bonchev–Trinajstić information content (AvgIpc) is 3.23. The largest absolute Gasteiger partial charge is 0.496 e. The molecule has 2 aliphatic rings. The molecule has 168 valence electrons. The maximum atomic E-state index is 12.0. The maximum absolute atomic E-state index is 12.0. The number of halogens is 1. The highest BCUT2D eigenvalue weighted by atomic mass is 79.9. The van der Waals surface area contributed by atoms with Crippen molar-refractivity contribution in [3.05, 3.63) is 82.4 Å². The number of amides is 2. The number of ether oxygens (including phenoxy) is 1. The van der Waals surface area contributed by atoms with Crippen molar-refractivity contribution in [2.24, 2.45) is 15.4 Å². The summed E-state index contributed by atoms with van der Waals surface area (Å²) < 4.78 is 6.35. The molecule has 0 saturated carbocycles. The van der Waals surface area contributed by atoms with Gasteiger partial charge in [-0.3, -0.25) is 14.6 Å². The van der Waals surface area contributed by atoms with Crippen molar-refractivity contribution < 1.29 is 14.3 Å². The van der Waals surface area contributed by atoms with E-state index in [0.717, 1.165) is 15.6 Å². The number of anilines is 1. The predicted octanol–water partition coefficient (Wildman–Crippen LogP) is 3.59. The van der Waals surface area contributed by atoms with Crippen LogP contribution in [-0.2, 0) is 16.1 Å². The molecular formula is C23H21BrN6O3. The third-order valence-electron chi connectivity index (χ3n) is 5.05. The molecule has 0 aromatic heterocycles. The molecule has 4 rings (SSSR count). The number of nitrogens with zero attached hydrogens (tertiary/aromatic N) is 4. The van der Waals surface area contributed by atoms with E-state index in [1.54, 1.807) is 37.4 Å². The minimum absolute atomic E-state index is 0.0181. The fourth-order valence-electron chi connectivity index (χ4n) is 3.40. The van der Waals surface area contributed by atoms with Crippen LogP contribution >= 0.6 is 15.9 Å². The van der Waals surface area contributed by atoms with Crippen molar-refractivity contribution in [1.29, 1.82) is 0 Å². The topological polar surface area (TPSA) is 108 Å². The van der Waals surface area contributed by atoms with Crippen LogP contribution in [-0.4, -0.2) is 42.2 Å². The van der Waals surface area contributed by atoms with E-state index in [-0.39, 0.29) is 12.1 Å². The zero-order chi connectivity index (χ0) is 23.2. The Kier molecular flexibility index (Phi) is 6.94. The van der Waals surface area contributed by atoms with Crippen molar-refractivity contribution in [3.8, 4) is 5.75 Å². The fraction of sp³-hybridized carbons (Fsp3) is 0.174. The summed E-state index contributed by atoms with van der Waals surface area (Å²) in [5, 5.41) is 16.9. The van der Waals surface area contributed by atoms with Gasteiger partial charge in [0.05, 0.1) is 25.9 Å².